The first-order valence-electron chi connectivity index (χ1n) is 14.3. The Morgan fingerprint density at radius 2 is 1.49 bits per heavy atom. The summed E-state index contributed by atoms with van der Waals surface area (Å²) in [4.78, 5) is 15.1. The molecule has 1 aliphatic heterocycles. The maximum absolute atomic E-state index is 13.9. The largest absolute Gasteiger partial charge is 0.491 e. The number of rotatable bonds is 9. The summed E-state index contributed by atoms with van der Waals surface area (Å²) in [6.07, 6.45) is 3.99. The van der Waals surface area contributed by atoms with Crippen LogP contribution in [0.15, 0.2) is 131 Å². The number of nitrogens with zero attached hydrogens (tertiary/aromatic N) is 4. The van der Waals surface area contributed by atoms with Gasteiger partial charge in [-0.15, -0.1) is 11.8 Å². The van der Waals surface area contributed by atoms with E-state index in [1.54, 1.807) is 11.8 Å². The molecule has 1 amide bonds. The van der Waals surface area contributed by atoms with E-state index in [9.17, 15) is 4.79 Å². The minimum atomic E-state index is -0.162. The molecule has 0 unspecified atom stereocenters. The number of hydrazone groups is 1. The number of ether oxygens (including phenoxy) is 1. The Morgan fingerprint density at radius 1 is 0.837 bits per heavy atom. The van der Waals surface area contributed by atoms with Gasteiger partial charge in [0.25, 0.3) is 5.91 Å². The molecule has 0 saturated heterocycles. The second kappa shape index (κ2) is 12.5. The summed E-state index contributed by atoms with van der Waals surface area (Å²) in [6.45, 7) is 6.09. The van der Waals surface area contributed by atoms with Crippen LogP contribution in [0.1, 0.15) is 25.0 Å². The summed E-state index contributed by atoms with van der Waals surface area (Å²) < 4.78 is 7.72. The number of carbonyl (C=O) groups is 1. The molecule has 6 rings (SSSR count). The maximum atomic E-state index is 13.9. The highest BCUT2D eigenvalue weighted by Crippen LogP contribution is 2.32. The van der Waals surface area contributed by atoms with Crippen molar-refractivity contribution in [3.05, 3.63) is 132 Å². The van der Waals surface area contributed by atoms with Crippen molar-refractivity contribution < 1.29 is 9.53 Å². The lowest BCUT2D eigenvalue weighted by molar-refractivity contribution is -0.114. The molecule has 0 radical (unpaired) electrons. The monoisotopic (exact) mass is 584 g/mol. The van der Waals surface area contributed by atoms with Crippen molar-refractivity contribution in [1.29, 1.82) is 0 Å². The third-order valence-corrected chi connectivity index (χ3v) is 7.94. The lowest BCUT2D eigenvalue weighted by atomic mass is 10.0. The molecule has 43 heavy (non-hydrogen) atoms. The topological polar surface area (TPSA) is 59.7 Å². The van der Waals surface area contributed by atoms with Gasteiger partial charge in [0.05, 0.1) is 34.5 Å². The number of hydrogen-bond donors (Lipinski definition) is 0. The summed E-state index contributed by atoms with van der Waals surface area (Å²) in [5, 5.41) is 11.3. The summed E-state index contributed by atoms with van der Waals surface area (Å²) in [5.41, 5.74) is 6.67. The second-order valence-corrected chi connectivity index (χ2v) is 11.6. The van der Waals surface area contributed by atoms with Gasteiger partial charge in [-0.3, -0.25) is 4.79 Å². The van der Waals surface area contributed by atoms with Gasteiger partial charge in [0.15, 0.2) is 0 Å². The Bertz CT molecular complexity index is 1780. The van der Waals surface area contributed by atoms with Crippen LogP contribution in [0.3, 0.4) is 0 Å². The lowest BCUT2D eigenvalue weighted by Gasteiger charge is -2.11. The Balaban J connectivity index is 1.41. The number of amides is 1. The molecule has 0 aliphatic carbocycles. The van der Waals surface area contributed by atoms with Crippen molar-refractivity contribution in [3.63, 3.8) is 0 Å². The van der Waals surface area contributed by atoms with Gasteiger partial charge in [-0.25, -0.2) is 4.68 Å². The van der Waals surface area contributed by atoms with Gasteiger partial charge in [-0.05, 0) is 87.5 Å². The normalized spacial score (nSPS) is 14.0. The molecule has 4 aromatic carbocycles. The Hall–Kier alpha value is -4.88. The number of carbonyl (C=O) groups excluding carboxylic acids is 1. The number of hydrogen-bond acceptors (Lipinski definition) is 5. The van der Waals surface area contributed by atoms with E-state index in [2.05, 4.69) is 31.2 Å². The summed E-state index contributed by atoms with van der Waals surface area (Å²) in [5.74, 6) is 1.19. The predicted molar refractivity (Wildman–Crippen MR) is 176 cm³/mol. The zero-order valence-corrected chi connectivity index (χ0v) is 25.2. The molecule has 0 fully saturated rings. The Kier molecular flexibility index (Phi) is 8.24. The first-order chi connectivity index (χ1) is 20.9. The van der Waals surface area contributed by atoms with E-state index >= 15 is 0 Å². The molecule has 214 valence electrons. The molecule has 0 spiro atoms. The average Bonchev–Trinajstić information content (AvgIpc) is 3.59. The van der Waals surface area contributed by atoms with Crippen molar-refractivity contribution >= 4 is 35.1 Å². The molecule has 0 N–H and O–H groups in total. The molecule has 6 nitrogen and oxygen atoms in total. The molecule has 5 aromatic rings. The van der Waals surface area contributed by atoms with Gasteiger partial charge in [0.1, 0.15) is 5.75 Å². The summed E-state index contributed by atoms with van der Waals surface area (Å²) in [7, 11) is 0. The standard InChI is InChI=1S/C36H32N4O2S/c1-25(2)42-31-18-16-27(17-19-31)35-28(23-39(38-35)29-10-6-4-7-11-29)22-33-34(24-43-32-20-14-26(3)15-21-32)37-40(36(33)41)30-12-8-5-9-13-30/h4-23,25H,24H2,1-3H3/b33-22-. The van der Waals surface area contributed by atoms with Gasteiger partial charge in [0, 0.05) is 28.0 Å². The molecular weight excluding hydrogens is 552 g/mol. The predicted octanol–water partition coefficient (Wildman–Crippen LogP) is 8.21. The van der Waals surface area contributed by atoms with Gasteiger partial charge in [-0.2, -0.15) is 15.2 Å². The van der Waals surface area contributed by atoms with Gasteiger partial charge in [0.2, 0.25) is 0 Å². The molecule has 0 atom stereocenters. The van der Waals surface area contributed by atoms with Crippen LogP contribution in [0.2, 0.25) is 0 Å². The van der Waals surface area contributed by atoms with Crippen molar-refractivity contribution in [2.45, 2.75) is 31.8 Å². The van der Waals surface area contributed by atoms with E-state index in [0.29, 0.717) is 11.3 Å². The van der Waals surface area contributed by atoms with E-state index in [1.165, 1.54) is 10.6 Å². The number of aryl methyl sites for hydroxylation is 1. The zero-order valence-electron chi connectivity index (χ0n) is 24.3. The van der Waals surface area contributed by atoms with E-state index < -0.39 is 0 Å². The van der Waals surface area contributed by atoms with Crippen molar-refractivity contribution in [2.24, 2.45) is 5.10 Å². The summed E-state index contributed by atoms with van der Waals surface area (Å²) in [6, 6.07) is 35.8. The van der Waals surface area contributed by atoms with Crippen molar-refractivity contribution in [1.82, 2.24) is 9.78 Å². The number of aromatic nitrogens is 2. The quantitative estimate of drug-likeness (QED) is 0.129. The van der Waals surface area contributed by atoms with Crippen LogP contribution in [0.25, 0.3) is 23.0 Å². The highest BCUT2D eigenvalue weighted by molar-refractivity contribution is 8.00. The minimum absolute atomic E-state index is 0.0832. The molecule has 0 bridgehead atoms. The molecule has 2 heterocycles. The van der Waals surface area contributed by atoms with E-state index in [4.69, 9.17) is 14.9 Å². The van der Waals surface area contributed by atoms with Crippen molar-refractivity contribution in [3.8, 4) is 22.7 Å². The first-order valence-corrected chi connectivity index (χ1v) is 15.2. The molecular formula is C36H32N4O2S. The minimum Gasteiger partial charge on any atom is -0.491 e. The number of thioether (sulfide) groups is 1. The molecule has 1 aromatic heterocycles. The third-order valence-electron chi connectivity index (χ3n) is 6.91. The fraction of sp³-hybridized carbons (Fsp3) is 0.139. The maximum Gasteiger partial charge on any atom is 0.280 e. The first kappa shape index (κ1) is 28.2. The lowest BCUT2D eigenvalue weighted by Crippen LogP contribution is -2.21. The van der Waals surface area contributed by atoms with E-state index in [-0.39, 0.29) is 12.0 Å². The SMILES string of the molecule is Cc1ccc(SCC2=NN(c3ccccc3)C(=O)/C2=C\c2cn(-c3ccccc3)nc2-c2ccc(OC(C)C)cc2)cc1. The fourth-order valence-electron chi connectivity index (χ4n) is 4.79. The van der Waals surface area contributed by atoms with Crippen LogP contribution < -0.4 is 9.75 Å². The van der Waals surface area contributed by atoms with E-state index in [1.807, 2.05) is 116 Å². The Morgan fingerprint density at radius 3 is 2.14 bits per heavy atom. The average molecular weight is 585 g/mol. The van der Waals surface area contributed by atoms with Crippen LogP contribution in [0, 0.1) is 6.92 Å². The fourth-order valence-corrected chi connectivity index (χ4v) is 5.63. The number of anilines is 1. The number of benzene rings is 4. The van der Waals surface area contributed by atoms with Gasteiger partial charge in [-0.1, -0.05) is 54.1 Å². The summed E-state index contributed by atoms with van der Waals surface area (Å²) >= 11 is 1.66. The van der Waals surface area contributed by atoms with Gasteiger partial charge >= 0.3 is 0 Å². The number of para-hydroxylation sites is 2. The highest BCUT2D eigenvalue weighted by atomic mass is 32.2. The van der Waals surface area contributed by atoms with Crippen LogP contribution in [-0.2, 0) is 4.79 Å². The Labute approximate surface area is 256 Å². The highest BCUT2D eigenvalue weighted by Gasteiger charge is 2.31. The van der Waals surface area contributed by atoms with Crippen LogP contribution in [0.5, 0.6) is 5.75 Å². The van der Waals surface area contributed by atoms with Crippen molar-refractivity contribution in [2.75, 3.05) is 10.8 Å². The second-order valence-electron chi connectivity index (χ2n) is 10.6. The van der Waals surface area contributed by atoms with Crippen LogP contribution in [-0.4, -0.2) is 33.3 Å². The third kappa shape index (κ3) is 6.47. The molecule has 1 aliphatic rings. The smallest absolute Gasteiger partial charge is 0.280 e. The molecule has 7 heteroatoms. The van der Waals surface area contributed by atoms with Crippen LogP contribution >= 0.6 is 11.8 Å². The van der Waals surface area contributed by atoms with Crippen LogP contribution in [0.4, 0.5) is 5.69 Å². The van der Waals surface area contributed by atoms with Gasteiger partial charge < -0.3 is 4.74 Å². The molecule has 0 saturated carbocycles. The zero-order chi connectivity index (χ0) is 29.8. The van der Waals surface area contributed by atoms with E-state index in [0.717, 1.165) is 44.6 Å².